The van der Waals surface area contributed by atoms with Crippen molar-refractivity contribution in [3.05, 3.63) is 34.9 Å². The van der Waals surface area contributed by atoms with E-state index >= 15 is 0 Å². The van der Waals surface area contributed by atoms with Crippen LogP contribution in [0.1, 0.15) is 29.2 Å². The van der Waals surface area contributed by atoms with E-state index in [4.69, 9.17) is 9.47 Å². The normalized spacial score (nSPS) is 15.5. The minimum atomic E-state index is 0. The highest BCUT2D eigenvalue weighted by Crippen LogP contribution is 2.33. The first-order valence-electron chi connectivity index (χ1n) is 9.33. The number of hydrogen-bond donors (Lipinski definition) is 1. The van der Waals surface area contributed by atoms with E-state index in [1.807, 2.05) is 7.05 Å². The van der Waals surface area contributed by atoms with Gasteiger partial charge < -0.3 is 24.3 Å². The minimum Gasteiger partial charge on any atom is -0.493 e. The molecule has 152 valence electrons. The molecular weight excluding hydrogens is 471 g/mol. The van der Waals surface area contributed by atoms with Crippen LogP contribution in [0.5, 0.6) is 11.5 Å². The SMILES string of the molecule is CN=C(NCc1nnc2n1CCC2)N1CCc2cc(OC)c(OC)cc2C1.I. The fourth-order valence-electron chi connectivity index (χ4n) is 3.90. The zero-order valence-corrected chi connectivity index (χ0v) is 18.9. The minimum absolute atomic E-state index is 0. The van der Waals surface area contributed by atoms with Crippen LogP contribution in [-0.2, 0) is 32.5 Å². The third-order valence-corrected chi connectivity index (χ3v) is 5.32. The maximum Gasteiger partial charge on any atom is 0.194 e. The highest BCUT2D eigenvalue weighted by atomic mass is 127. The summed E-state index contributed by atoms with van der Waals surface area (Å²) < 4.78 is 13.1. The third kappa shape index (κ3) is 3.89. The molecule has 0 amide bonds. The van der Waals surface area contributed by atoms with Crippen molar-refractivity contribution < 1.29 is 9.47 Å². The zero-order valence-electron chi connectivity index (χ0n) is 16.6. The Morgan fingerprint density at radius 1 is 1.11 bits per heavy atom. The first kappa shape index (κ1) is 20.7. The van der Waals surface area contributed by atoms with E-state index in [9.17, 15) is 0 Å². The number of aromatic nitrogens is 3. The molecule has 0 unspecified atom stereocenters. The predicted molar refractivity (Wildman–Crippen MR) is 118 cm³/mol. The summed E-state index contributed by atoms with van der Waals surface area (Å²) in [7, 11) is 5.16. The maximum atomic E-state index is 5.46. The summed E-state index contributed by atoms with van der Waals surface area (Å²) in [5.74, 6) is 4.50. The average molecular weight is 498 g/mol. The fraction of sp³-hybridized carbons (Fsp3) is 0.526. The Morgan fingerprint density at radius 2 is 1.86 bits per heavy atom. The van der Waals surface area contributed by atoms with Crippen LogP contribution >= 0.6 is 24.0 Å². The Kier molecular flexibility index (Phi) is 6.63. The number of methoxy groups -OCH3 is 2. The highest BCUT2D eigenvalue weighted by Gasteiger charge is 2.23. The summed E-state index contributed by atoms with van der Waals surface area (Å²) in [6.07, 6.45) is 3.12. The number of nitrogens with one attached hydrogen (secondary N) is 1. The molecule has 1 N–H and O–H groups in total. The Hall–Kier alpha value is -2.04. The standard InChI is InChI=1S/C19H26N6O2.HI/c1-20-19(21-11-18-23-22-17-5-4-7-25(17)18)24-8-6-13-9-15(26-2)16(27-3)10-14(13)12-24;/h9-10H,4-8,11-12H2,1-3H3,(H,20,21);1H. The molecule has 0 fully saturated rings. The van der Waals surface area contributed by atoms with Gasteiger partial charge in [-0.05, 0) is 36.1 Å². The average Bonchev–Trinajstić information content (AvgIpc) is 3.31. The number of nitrogens with zero attached hydrogens (tertiary/aromatic N) is 5. The van der Waals surface area contributed by atoms with Gasteiger partial charge in [0.15, 0.2) is 23.3 Å². The molecule has 28 heavy (non-hydrogen) atoms. The fourth-order valence-corrected chi connectivity index (χ4v) is 3.90. The summed E-state index contributed by atoms with van der Waals surface area (Å²) >= 11 is 0. The Balaban J connectivity index is 0.00000225. The largest absolute Gasteiger partial charge is 0.493 e. The number of guanidine groups is 1. The van der Waals surface area contributed by atoms with Crippen molar-refractivity contribution in [2.75, 3.05) is 27.8 Å². The smallest absolute Gasteiger partial charge is 0.194 e. The number of benzene rings is 1. The van der Waals surface area contributed by atoms with Crippen LogP contribution in [0.4, 0.5) is 0 Å². The number of aliphatic imine (C=N–C) groups is 1. The number of hydrogen-bond acceptors (Lipinski definition) is 5. The molecule has 2 aromatic rings. The first-order valence-corrected chi connectivity index (χ1v) is 9.33. The van der Waals surface area contributed by atoms with E-state index in [2.05, 4.69) is 42.1 Å². The van der Waals surface area contributed by atoms with Gasteiger partial charge in [0, 0.05) is 33.1 Å². The second kappa shape index (κ2) is 8.97. The number of rotatable bonds is 4. The van der Waals surface area contributed by atoms with Crippen molar-refractivity contribution in [3.63, 3.8) is 0 Å². The van der Waals surface area contributed by atoms with Gasteiger partial charge in [0.2, 0.25) is 0 Å². The van der Waals surface area contributed by atoms with E-state index in [1.54, 1.807) is 14.2 Å². The molecule has 2 aliphatic rings. The topological polar surface area (TPSA) is 76.8 Å². The summed E-state index contributed by atoms with van der Waals surface area (Å²) in [5, 5.41) is 12.0. The zero-order chi connectivity index (χ0) is 18.8. The molecule has 0 aliphatic carbocycles. The Labute approximate surface area is 182 Å². The number of aryl methyl sites for hydroxylation is 1. The number of halogens is 1. The first-order chi connectivity index (χ1) is 13.2. The van der Waals surface area contributed by atoms with Crippen molar-refractivity contribution in [1.29, 1.82) is 0 Å². The van der Waals surface area contributed by atoms with Crippen LogP contribution in [0.2, 0.25) is 0 Å². The van der Waals surface area contributed by atoms with Crippen molar-refractivity contribution in [3.8, 4) is 11.5 Å². The van der Waals surface area contributed by atoms with E-state index in [-0.39, 0.29) is 24.0 Å². The highest BCUT2D eigenvalue weighted by molar-refractivity contribution is 14.0. The third-order valence-electron chi connectivity index (χ3n) is 5.32. The van der Waals surface area contributed by atoms with Crippen LogP contribution in [0.3, 0.4) is 0 Å². The van der Waals surface area contributed by atoms with Gasteiger partial charge in [-0.15, -0.1) is 34.2 Å². The molecule has 0 bridgehead atoms. The Bertz CT molecular complexity index is 866. The van der Waals surface area contributed by atoms with Gasteiger partial charge in [-0.1, -0.05) is 0 Å². The van der Waals surface area contributed by atoms with Crippen LogP contribution < -0.4 is 14.8 Å². The molecule has 9 heteroatoms. The summed E-state index contributed by atoms with van der Waals surface area (Å²) in [6.45, 7) is 3.33. The second-order valence-electron chi connectivity index (χ2n) is 6.84. The molecule has 3 heterocycles. The van der Waals surface area contributed by atoms with Gasteiger partial charge in [0.25, 0.3) is 0 Å². The summed E-state index contributed by atoms with van der Waals surface area (Å²) in [6, 6.07) is 4.15. The molecule has 0 saturated carbocycles. The maximum absolute atomic E-state index is 5.46. The van der Waals surface area contributed by atoms with Gasteiger partial charge in [0.1, 0.15) is 5.82 Å². The monoisotopic (exact) mass is 498 g/mol. The van der Waals surface area contributed by atoms with Crippen molar-refractivity contribution in [2.45, 2.75) is 38.9 Å². The van der Waals surface area contributed by atoms with E-state index in [1.165, 1.54) is 11.1 Å². The van der Waals surface area contributed by atoms with Crippen LogP contribution in [-0.4, -0.2) is 53.4 Å². The van der Waals surface area contributed by atoms with Crippen molar-refractivity contribution in [1.82, 2.24) is 25.0 Å². The van der Waals surface area contributed by atoms with Gasteiger partial charge in [0.05, 0.1) is 20.8 Å². The quantitative estimate of drug-likeness (QED) is 0.395. The molecule has 4 rings (SSSR count). The van der Waals surface area contributed by atoms with Crippen molar-refractivity contribution >= 4 is 29.9 Å². The lowest BCUT2D eigenvalue weighted by atomic mass is 9.99. The lowest BCUT2D eigenvalue weighted by Crippen LogP contribution is -2.44. The van der Waals surface area contributed by atoms with Gasteiger partial charge >= 0.3 is 0 Å². The molecule has 1 aromatic carbocycles. The lowest BCUT2D eigenvalue weighted by Gasteiger charge is -2.32. The summed E-state index contributed by atoms with van der Waals surface area (Å²) in [5.41, 5.74) is 2.54. The molecule has 2 aliphatic heterocycles. The van der Waals surface area contributed by atoms with E-state index in [0.717, 1.165) is 68.0 Å². The van der Waals surface area contributed by atoms with E-state index in [0.29, 0.717) is 6.54 Å². The molecule has 0 radical (unpaired) electrons. The molecule has 1 aromatic heterocycles. The van der Waals surface area contributed by atoms with E-state index < -0.39 is 0 Å². The lowest BCUT2D eigenvalue weighted by molar-refractivity contribution is 0.345. The molecule has 8 nitrogen and oxygen atoms in total. The Morgan fingerprint density at radius 3 is 2.57 bits per heavy atom. The second-order valence-corrected chi connectivity index (χ2v) is 6.84. The van der Waals surface area contributed by atoms with Gasteiger partial charge in [-0.2, -0.15) is 0 Å². The summed E-state index contributed by atoms with van der Waals surface area (Å²) in [4.78, 5) is 6.73. The number of fused-ring (bicyclic) bond motifs is 2. The molecule has 0 saturated heterocycles. The van der Waals surface area contributed by atoms with Crippen LogP contribution in [0, 0.1) is 0 Å². The molecular formula is C19H27IN6O2. The number of ether oxygens (including phenoxy) is 2. The molecule has 0 spiro atoms. The molecule has 0 atom stereocenters. The van der Waals surface area contributed by atoms with Crippen LogP contribution in [0.15, 0.2) is 17.1 Å². The predicted octanol–water partition coefficient (Wildman–Crippen LogP) is 1.99. The van der Waals surface area contributed by atoms with Gasteiger partial charge in [-0.25, -0.2) is 0 Å². The van der Waals surface area contributed by atoms with Crippen LogP contribution in [0.25, 0.3) is 0 Å². The van der Waals surface area contributed by atoms with Crippen molar-refractivity contribution in [2.24, 2.45) is 4.99 Å². The van der Waals surface area contributed by atoms with Gasteiger partial charge in [-0.3, -0.25) is 4.99 Å².